The number of hydrogen-bond acceptors (Lipinski definition) is 3. The minimum Gasteiger partial charge on any atom is -0.490 e. The quantitative estimate of drug-likeness (QED) is 0.689. The largest absolute Gasteiger partial charge is 0.490 e. The summed E-state index contributed by atoms with van der Waals surface area (Å²) in [6, 6.07) is 4.26. The number of nitrogens with two attached hydrogens (primary N) is 1. The van der Waals surface area contributed by atoms with Crippen LogP contribution in [0.5, 0.6) is 5.75 Å². The van der Waals surface area contributed by atoms with E-state index >= 15 is 0 Å². The van der Waals surface area contributed by atoms with Crippen LogP contribution in [-0.4, -0.2) is 31.1 Å². The number of aryl methyl sites for hydroxylation is 1. The van der Waals surface area contributed by atoms with Crippen LogP contribution in [0.4, 0.5) is 4.79 Å². The smallest absolute Gasteiger partial charge is 0.315 e. The van der Waals surface area contributed by atoms with Crippen molar-refractivity contribution in [1.29, 1.82) is 0 Å². The highest BCUT2D eigenvalue weighted by Gasteiger charge is 2.11. The van der Waals surface area contributed by atoms with Crippen LogP contribution in [0, 0.1) is 6.92 Å². The van der Waals surface area contributed by atoms with E-state index in [0.717, 1.165) is 5.56 Å². The van der Waals surface area contributed by atoms with Gasteiger partial charge in [0.05, 0.1) is 11.6 Å². The Morgan fingerprint density at radius 1 is 1.45 bits per heavy atom. The number of urea groups is 1. The van der Waals surface area contributed by atoms with Crippen LogP contribution < -0.4 is 21.1 Å². The molecule has 0 saturated carbocycles. The third-order valence-corrected chi connectivity index (χ3v) is 2.87. The van der Waals surface area contributed by atoms with Gasteiger partial charge in [0.2, 0.25) is 5.91 Å². The van der Waals surface area contributed by atoms with E-state index in [1.165, 1.54) is 6.92 Å². The number of carbonyl (C=O) groups is 2. The molecular formula is C13H18ClN3O3. The summed E-state index contributed by atoms with van der Waals surface area (Å²) in [5.41, 5.74) is 5.95. The number of ether oxygens (including phenoxy) is 1. The Labute approximate surface area is 122 Å². The van der Waals surface area contributed by atoms with Crippen molar-refractivity contribution in [3.05, 3.63) is 28.8 Å². The summed E-state index contributed by atoms with van der Waals surface area (Å²) in [6.07, 6.45) is 0. The molecule has 1 rings (SSSR count). The monoisotopic (exact) mass is 299 g/mol. The van der Waals surface area contributed by atoms with Crippen LogP contribution >= 0.6 is 11.6 Å². The standard InChI is InChI=1S/C13H18ClN3O3/c1-8-4-3-5-10(14)11(8)20-7-6-16-13(19)17-9(2)12(15)18/h3-5,9H,6-7H2,1-2H3,(H2,15,18)(H2,16,17,19)/t9-/m0/s1. The molecular weight excluding hydrogens is 282 g/mol. The molecule has 4 N–H and O–H groups in total. The first-order valence-electron chi connectivity index (χ1n) is 6.13. The number of hydrogen-bond donors (Lipinski definition) is 3. The van der Waals surface area contributed by atoms with Gasteiger partial charge in [0, 0.05) is 0 Å². The third-order valence-electron chi connectivity index (χ3n) is 2.57. The minimum absolute atomic E-state index is 0.267. The van der Waals surface area contributed by atoms with Crippen molar-refractivity contribution < 1.29 is 14.3 Å². The van der Waals surface area contributed by atoms with Crippen LogP contribution in [0.3, 0.4) is 0 Å². The highest BCUT2D eigenvalue weighted by atomic mass is 35.5. The number of rotatable bonds is 6. The number of primary amides is 1. The van der Waals surface area contributed by atoms with Crippen LogP contribution in [0.15, 0.2) is 18.2 Å². The van der Waals surface area contributed by atoms with Crippen molar-refractivity contribution in [1.82, 2.24) is 10.6 Å². The first-order chi connectivity index (χ1) is 9.41. The maximum atomic E-state index is 11.4. The fourth-order valence-corrected chi connectivity index (χ4v) is 1.71. The second-order valence-corrected chi connectivity index (χ2v) is 4.67. The van der Waals surface area contributed by atoms with E-state index in [9.17, 15) is 9.59 Å². The van der Waals surface area contributed by atoms with Crippen molar-refractivity contribution in [2.24, 2.45) is 5.73 Å². The highest BCUT2D eigenvalue weighted by molar-refractivity contribution is 6.32. The van der Waals surface area contributed by atoms with Gasteiger partial charge in [0.25, 0.3) is 0 Å². The first kappa shape index (κ1) is 16.1. The highest BCUT2D eigenvalue weighted by Crippen LogP contribution is 2.27. The van der Waals surface area contributed by atoms with Crippen molar-refractivity contribution in [2.45, 2.75) is 19.9 Å². The molecule has 0 aliphatic rings. The molecule has 20 heavy (non-hydrogen) atoms. The predicted octanol–water partition coefficient (Wildman–Crippen LogP) is 1.20. The van der Waals surface area contributed by atoms with Crippen molar-refractivity contribution in [3.63, 3.8) is 0 Å². The van der Waals surface area contributed by atoms with Crippen LogP contribution in [0.25, 0.3) is 0 Å². The fraction of sp³-hybridized carbons (Fsp3) is 0.385. The minimum atomic E-state index is -0.721. The number of para-hydroxylation sites is 1. The summed E-state index contributed by atoms with van der Waals surface area (Å²) < 4.78 is 5.50. The van der Waals surface area contributed by atoms with E-state index in [4.69, 9.17) is 22.1 Å². The summed E-state index contributed by atoms with van der Waals surface area (Å²) >= 11 is 6.00. The van der Waals surface area contributed by atoms with E-state index in [-0.39, 0.29) is 13.2 Å². The molecule has 0 spiro atoms. The fourth-order valence-electron chi connectivity index (χ4n) is 1.44. The number of halogens is 1. The third kappa shape index (κ3) is 4.97. The number of amides is 3. The van der Waals surface area contributed by atoms with Crippen molar-refractivity contribution in [3.8, 4) is 5.75 Å². The van der Waals surface area contributed by atoms with Crippen molar-refractivity contribution >= 4 is 23.5 Å². The molecule has 0 bridgehead atoms. The molecule has 0 radical (unpaired) electrons. The van der Waals surface area contributed by atoms with E-state index in [0.29, 0.717) is 10.8 Å². The molecule has 0 aliphatic heterocycles. The normalized spacial score (nSPS) is 11.6. The molecule has 6 nitrogen and oxygen atoms in total. The zero-order chi connectivity index (χ0) is 15.1. The Hall–Kier alpha value is -1.95. The van der Waals surface area contributed by atoms with Crippen LogP contribution in [-0.2, 0) is 4.79 Å². The Morgan fingerprint density at radius 3 is 2.75 bits per heavy atom. The lowest BCUT2D eigenvalue weighted by atomic mass is 10.2. The first-order valence-corrected chi connectivity index (χ1v) is 6.51. The van der Waals surface area contributed by atoms with Gasteiger partial charge in [-0.3, -0.25) is 4.79 Å². The molecule has 0 aromatic heterocycles. The predicted molar refractivity (Wildman–Crippen MR) is 76.9 cm³/mol. The topological polar surface area (TPSA) is 93.4 Å². The van der Waals surface area contributed by atoms with Gasteiger partial charge in [-0.15, -0.1) is 0 Å². The number of nitrogens with one attached hydrogen (secondary N) is 2. The Bertz CT molecular complexity index is 473. The van der Waals surface area contributed by atoms with E-state index in [2.05, 4.69) is 10.6 Å². The van der Waals surface area contributed by atoms with Gasteiger partial charge in [0.15, 0.2) is 0 Å². The van der Waals surface area contributed by atoms with Gasteiger partial charge < -0.3 is 21.1 Å². The van der Waals surface area contributed by atoms with Gasteiger partial charge in [-0.1, -0.05) is 23.7 Å². The van der Waals surface area contributed by atoms with Gasteiger partial charge in [-0.05, 0) is 25.5 Å². The average molecular weight is 300 g/mol. The number of carbonyl (C=O) groups excluding carboxylic acids is 2. The average Bonchev–Trinajstić information content (AvgIpc) is 2.37. The Balaban J connectivity index is 2.32. The lowest BCUT2D eigenvalue weighted by molar-refractivity contribution is -0.119. The molecule has 7 heteroatoms. The zero-order valence-electron chi connectivity index (χ0n) is 11.4. The second kappa shape index (κ2) is 7.59. The van der Waals surface area contributed by atoms with Gasteiger partial charge in [-0.2, -0.15) is 0 Å². The maximum Gasteiger partial charge on any atom is 0.315 e. The van der Waals surface area contributed by atoms with E-state index in [1.54, 1.807) is 6.07 Å². The summed E-state index contributed by atoms with van der Waals surface area (Å²) in [5, 5.41) is 5.47. The van der Waals surface area contributed by atoms with Crippen LogP contribution in [0.1, 0.15) is 12.5 Å². The Kier molecular flexibility index (Phi) is 6.11. The molecule has 0 saturated heterocycles. The lowest BCUT2D eigenvalue weighted by Crippen LogP contribution is -2.47. The van der Waals surface area contributed by atoms with Gasteiger partial charge >= 0.3 is 6.03 Å². The molecule has 0 heterocycles. The zero-order valence-corrected chi connectivity index (χ0v) is 12.2. The van der Waals surface area contributed by atoms with Gasteiger partial charge in [-0.25, -0.2) is 4.79 Å². The SMILES string of the molecule is Cc1cccc(Cl)c1OCCNC(=O)N[C@@H](C)C(N)=O. The molecule has 1 atom stereocenters. The molecule has 3 amide bonds. The second-order valence-electron chi connectivity index (χ2n) is 4.26. The summed E-state index contributed by atoms with van der Waals surface area (Å²) in [7, 11) is 0. The van der Waals surface area contributed by atoms with E-state index < -0.39 is 18.0 Å². The van der Waals surface area contributed by atoms with Crippen molar-refractivity contribution in [2.75, 3.05) is 13.2 Å². The lowest BCUT2D eigenvalue weighted by Gasteiger charge is -2.13. The summed E-state index contributed by atoms with van der Waals surface area (Å²) in [6.45, 7) is 3.94. The van der Waals surface area contributed by atoms with E-state index in [1.807, 2.05) is 19.1 Å². The maximum absolute atomic E-state index is 11.4. The molecule has 110 valence electrons. The molecule has 0 fully saturated rings. The molecule has 1 aromatic carbocycles. The van der Waals surface area contributed by atoms with Crippen LogP contribution in [0.2, 0.25) is 5.02 Å². The Morgan fingerprint density at radius 2 is 2.15 bits per heavy atom. The van der Waals surface area contributed by atoms with Gasteiger partial charge in [0.1, 0.15) is 18.4 Å². The molecule has 0 aliphatic carbocycles. The summed E-state index contributed by atoms with van der Waals surface area (Å²) in [5.74, 6) is 0.00460. The number of benzene rings is 1. The summed E-state index contributed by atoms with van der Waals surface area (Å²) in [4.78, 5) is 22.2. The molecule has 0 unspecified atom stereocenters. The molecule has 1 aromatic rings.